The molecule has 0 fully saturated rings. The Morgan fingerprint density at radius 1 is 1.09 bits per heavy atom. The Morgan fingerprint density at radius 3 is 2.36 bits per heavy atom. The topological polar surface area (TPSA) is 29.1 Å². The zero-order valence-corrected chi connectivity index (χ0v) is 12.3. The molecule has 0 aromatic heterocycles. The van der Waals surface area contributed by atoms with Crippen LogP contribution in [0.4, 0.5) is 8.78 Å². The van der Waals surface area contributed by atoms with Crippen LogP contribution in [-0.2, 0) is 11.2 Å². The minimum atomic E-state index is -0.593. The minimum absolute atomic E-state index is 0.00897. The summed E-state index contributed by atoms with van der Waals surface area (Å²) in [6.07, 6.45) is 3.21. The number of rotatable bonds is 5. The normalized spacial score (nSPS) is 10.9. The average Bonchev–Trinajstić information content (AvgIpc) is 2.50. The van der Waals surface area contributed by atoms with E-state index in [0.29, 0.717) is 0 Å². The molecule has 2 rings (SSSR count). The highest BCUT2D eigenvalue weighted by molar-refractivity contribution is 5.91. The Labute approximate surface area is 128 Å². The minimum Gasteiger partial charge on any atom is -0.352 e. The van der Waals surface area contributed by atoms with Gasteiger partial charge in [0.25, 0.3) is 0 Å². The molecule has 0 saturated heterocycles. The molecule has 0 atom stereocenters. The molecule has 0 heterocycles. The summed E-state index contributed by atoms with van der Waals surface area (Å²) in [6.45, 7) is 2.16. The summed E-state index contributed by atoms with van der Waals surface area (Å²) >= 11 is 0. The lowest BCUT2D eigenvalue weighted by atomic mass is 10.1. The molecule has 2 nitrogen and oxygen atoms in total. The molecule has 1 N–H and O–H groups in total. The van der Waals surface area contributed by atoms with Crippen molar-refractivity contribution in [3.8, 4) is 0 Å². The Bertz CT molecular complexity index is 658. The molecule has 0 aliphatic heterocycles. The smallest absolute Gasteiger partial charge is 0.244 e. The molecule has 114 valence electrons. The standard InChI is InChI=1S/C18H17F2NO/c1-13-5-7-14(8-6-13)9-10-18(22)21-12-11-15-16(19)3-2-4-17(15)20/h2-10H,11-12H2,1H3,(H,21,22)/b10-9+. The third-order valence-corrected chi connectivity index (χ3v) is 3.24. The first-order chi connectivity index (χ1) is 10.6. The lowest BCUT2D eigenvalue weighted by Crippen LogP contribution is -2.24. The van der Waals surface area contributed by atoms with E-state index in [1.54, 1.807) is 6.08 Å². The predicted molar refractivity (Wildman–Crippen MR) is 83.3 cm³/mol. The van der Waals surface area contributed by atoms with Crippen LogP contribution in [0.15, 0.2) is 48.5 Å². The monoisotopic (exact) mass is 301 g/mol. The van der Waals surface area contributed by atoms with Gasteiger partial charge in [-0.2, -0.15) is 0 Å². The Balaban J connectivity index is 1.84. The van der Waals surface area contributed by atoms with E-state index in [-0.39, 0.29) is 24.4 Å². The highest BCUT2D eigenvalue weighted by atomic mass is 19.1. The summed E-state index contributed by atoms with van der Waals surface area (Å²) in [5, 5.41) is 2.61. The largest absolute Gasteiger partial charge is 0.352 e. The van der Waals surface area contributed by atoms with Crippen molar-refractivity contribution in [2.45, 2.75) is 13.3 Å². The van der Waals surface area contributed by atoms with Gasteiger partial charge in [-0.25, -0.2) is 8.78 Å². The zero-order valence-electron chi connectivity index (χ0n) is 12.3. The van der Waals surface area contributed by atoms with Crippen molar-refractivity contribution in [1.29, 1.82) is 0 Å². The number of carbonyl (C=O) groups is 1. The van der Waals surface area contributed by atoms with Gasteiger partial charge in [0.2, 0.25) is 5.91 Å². The third-order valence-electron chi connectivity index (χ3n) is 3.24. The summed E-state index contributed by atoms with van der Waals surface area (Å²) in [5.41, 5.74) is 2.06. The first-order valence-electron chi connectivity index (χ1n) is 7.02. The van der Waals surface area contributed by atoms with Crippen molar-refractivity contribution in [1.82, 2.24) is 5.32 Å². The summed E-state index contributed by atoms with van der Waals surface area (Å²) < 4.78 is 26.8. The van der Waals surface area contributed by atoms with Crippen LogP contribution in [0.1, 0.15) is 16.7 Å². The van der Waals surface area contributed by atoms with E-state index in [0.717, 1.165) is 11.1 Å². The SMILES string of the molecule is Cc1ccc(/C=C/C(=O)NCCc2c(F)cccc2F)cc1. The molecule has 0 saturated carbocycles. The summed E-state index contributed by atoms with van der Waals surface area (Å²) in [4.78, 5) is 11.7. The van der Waals surface area contributed by atoms with E-state index < -0.39 is 11.6 Å². The van der Waals surface area contributed by atoms with Crippen LogP contribution in [0.3, 0.4) is 0 Å². The molecular formula is C18H17F2NO. The first-order valence-corrected chi connectivity index (χ1v) is 7.02. The third kappa shape index (κ3) is 4.52. The number of benzene rings is 2. The molecule has 0 bridgehead atoms. The van der Waals surface area contributed by atoms with Crippen LogP contribution in [0.5, 0.6) is 0 Å². The second-order valence-corrected chi connectivity index (χ2v) is 4.99. The van der Waals surface area contributed by atoms with Gasteiger partial charge in [0.05, 0.1) is 0 Å². The fourth-order valence-electron chi connectivity index (χ4n) is 1.99. The van der Waals surface area contributed by atoms with Gasteiger partial charge in [-0.05, 0) is 37.1 Å². The number of hydrogen-bond acceptors (Lipinski definition) is 1. The van der Waals surface area contributed by atoms with Crippen LogP contribution >= 0.6 is 0 Å². The molecule has 0 spiro atoms. The maximum absolute atomic E-state index is 13.4. The highest BCUT2D eigenvalue weighted by Gasteiger charge is 2.07. The number of nitrogens with one attached hydrogen (secondary N) is 1. The van der Waals surface area contributed by atoms with Crippen molar-refractivity contribution in [3.05, 3.63) is 76.9 Å². The van der Waals surface area contributed by atoms with E-state index in [2.05, 4.69) is 5.32 Å². The first kappa shape index (κ1) is 15.9. The molecule has 22 heavy (non-hydrogen) atoms. The summed E-state index contributed by atoms with van der Waals surface area (Å²) in [5.74, 6) is -1.48. The van der Waals surface area contributed by atoms with Crippen molar-refractivity contribution >= 4 is 12.0 Å². The van der Waals surface area contributed by atoms with E-state index in [1.807, 2.05) is 31.2 Å². The van der Waals surface area contributed by atoms with Gasteiger partial charge in [0.1, 0.15) is 11.6 Å². The lowest BCUT2D eigenvalue weighted by Gasteiger charge is -2.05. The van der Waals surface area contributed by atoms with Crippen LogP contribution in [0.25, 0.3) is 6.08 Å². The Kier molecular flexibility index (Phi) is 5.42. The second kappa shape index (κ2) is 7.50. The van der Waals surface area contributed by atoms with Gasteiger partial charge in [-0.1, -0.05) is 35.9 Å². The molecule has 2 aromatic carbocycles. The van der Waals surface area contributed by atoms with Crippen molar-refractivity contribution in [2.75, 3.05) is 6.54 Å². The van der Waals surface area contributed by atoms with Crippen LogP contribution in [-0.4, -0.2) is 12.5 Å². The van der Waals surface area contributed by atoms with Gasteiger partial charge in [0.15, 0.2) is 0 Å². The van der Waals surface area contributed by atoms with Gasteiger partial charge in [-0.3, -0.25) is 4.79 Å². The summed E-state index contributed by atoms with van der Waals surface area (Å²) in [6, 6.07) is 11.5. The van der Waals surface area contributed by atoms with Gasteiger partial charge in [0, 0.05) is 18.2 Å². The average molecular weight is 301 g/mol. The maximum Gasteiger partial charge on any atom is 0.244 e. The van der Waals surface area contributed by atoms with Gasteiger partial charge in [-0.15, -0.1) is 0 Å². The number of amides is 1. The summed E-state index contributed by atoms with van der Waals surface area (Å²) in [7, 11) is 0. The highest BCUT2D eigenvalue weighted by Crippen LogP contribution is 2.12. The molecule has 0 unspecified atom stereocenters. The molecule has 4 heteroatoms. The van der Waals surface area contributed by atoms with E-state index in [4.69, 9.17) is 0 Å². The second-order valence-electron chi connectivity index (χ2n) is 4.99. The van der Waals surface area contributed by atoms with E-state index in [9.17, 15) is 13.6 Å². The van der Waals surface area contributed by atoms with Crippen molar-refractivity contribution in [3.63, 3.8) is 0 Å². The lowest BCUT2D eigenvalue weighted by molar-refractivity contribution is -0.116. The molecule has 1 amide bonds. The fourth-order valence-corrected chi connectivity index (χ4v) is 1.99. The molecule has 0 aliphatic rings. The quantitative estimate of drug-likeness (QED) is 0.839. The fraction of sp³-hybridized carbons (Fsp3) is 0.167. The Hall–Kier alpha value is -2.49. The molecule has 0 radical (unpaired) electrons. The van der Waals surface area contributed by atoms with Gasteiger partial charge >= 0.3 is 0 Å². The van der Waals surface area contributed by atoms with Crippen LogP contribution < -0.4 is 5.32 Å². The molecule has 0 aliphatic carbocycles. The van der Waals surface area contributed by atoms with E-state index in [1.165, 1.54) is 24.3 Å². The Morgan fingerprint density at radius 2 is 1.73 bits per heavy atom. The number of aryl methyl sites for hydroxylation is 1. The number of hydrogen-bond donors (Lipinski definition) is 1. The molecular weight excluding hydrogens is 284 g/mol. The number of halogens is 2. The zero-order chi connectivity index (χ0) is 15.9. The maximum atomic E-state index is 13.4. The van der Waals surface area contributed by atoms with Crippen molar-refractivity contribution < 1.29 is 13.6 Å². The van der Waals surface area contributed by atoms with Gasteiger partial charge < -0.3 is 5.32 Å². The van der Waals surface area contributed by atoms with E-state index >= 15 is 0 Å². The van der Waals surface area contributed by atoms with Crippen LogP contribution in [0, 0.1) is 18.6 Å². The molecule has 2 aromatic rings. The van der Waals surface area contributed by atoms with Crippen LogP contribution in [0.2, 0.25) is 0 Å². The number of carbonyl (C=O) groups excluding carboxylic acids is 1. The van der Waals surface area contributed by atoms with Crippen molar-refractivity contribution in [2.24, 2.45) is 0 Å². The predicted octanol–water partition coefficient (Wildman–Crippen LogP) is 3.65.